The third kappa shape index (κ3) is 4.88. The predicted molar refractivity (Wildman–Crippen MR) is 89.7 cm³/mol. The van der Waals surface area contributed by atoms with Crippen molar-refractivity contribution in [3.8, 4) is 11.1 Å². The van der Waals surface area contributed by atoms with Crippen LogP contribution in [0, 0.1) is 0 Å². The Kier molecular flexibility index (Phi) is 6.30. The van der Waals surface area contributed by atoms with Crippen molar-refractivity contribution in [3.05, 3.63) is 59.1 Å². The lowest BCUT2D eigenvalue weighted by molar-refractivity contribution is -0.107. The summed E-state index contributed by atoms with van der Waals surface area (Å²) < 4.78 is 0. The van der Waals surface area contributed by atoms with Crippen LogP contribution in [0.4, 0.5) is 0 Å². The molecule has 0 spiro atoms. The third-order valence-electron chi connectivity index (χ3n) is 3.16. The number of carbonyl (C=O) groups is 1. The van der Waals surface area contributed by atoms with Gasteiger partial charge in [0.15, 0.2) is 0 Å². The van der Waals surface area contributed by atoms with E-state index < -0.39 is 0 Å². The molecule has 0 amide bonds. The minimum atomic E-state index is -0.133. The van der Waals surface area contributed by atoms with Crippen LogP contribution < -0.4 is 0 Å². The molecule has 0 aliphatic heterocycles. The number of benzene rings is 2. The Morgan fingerprint density at radius 1 is 1.05 bits per heavy atom. The molecule has 1 unspecified atom stereocenters. The van der Waals surface area contributed by atoms with Gasteiger partial charge in [0.1, 0.15) is 6.29 Å². The number of hydrogen-bond donors (Lipinski definition) is 1. The van der Waals surface area contributed by atoms with E-state index in [1.54, 1.807) is 11.8 Å². The second-order valence-corrected chi connectivity index (χ2v) is 6.37. The maximum absolute atomic E-state index is 10.8. The Morgan fingerprint density at radius 2 is 1.62 bits per heavy atom. The van der Waals surface area contributed by atoms with Gasteiger partial charge in [-0.15, -0.1) is 11.8 Å². The smallest absolute Gasteiger partial charge is 0.133 e. The Labute approximate surface area is 134 Å². The first kappa shape index (κ1) is 16.1. The van der Waals surface area contributed by atoms with E-state index in [4.69, 9.17) is 16.7 Å². The average Bonchev–Trinajstić information content (AvgIpc) is 2.53. The van der Waals surface area contributed by atoms with Gasteiger partial charge in [-0.1, -0.05) is 48.0 Å². The van der Waals surface area contributed by atoms with E-state index in [1.165, 1.54) is 5.56 Å². The van der Waals surface area contributed by atoms with Crippen molar-refractivity contribution >= 4 is 29.6 Å². The Morgan fingerprint density at radius 3 is 2.14 bits per heavy atom. The molecule has 0 fully saturated rings. The summed E-state index contributed by atoms with van der Waals surface area (Å²) >= 11 is 7.44. The molecule has 0 radical (unpaired) electrons. The van der Waals surface area contributed by atoms with Gasteiger partial charge in [0, 0.05) is 17.4 Å². The minimum absolute atomic E-state index is 0.0475. The van der Waals surface area contributed by atoms with Gasteiger partial charge in [-0.2, -0.15) is 0 Å². The predicted octanol–water partition coefficient (Wildman–Crippen LogP) is 4.19. The first-order valence-corrected chi connectivity index (χ1v) is 8.18. The van der Waals surface area contributed by atoms with E-state index in [9.17, 15) is 4.79 Å². The van der Waals surface area contributed by atoms with Gasteiger partial charge >= 0.3 is 0 Å². The van der Waals surface area contributed by atoms with E-state index >= 15 is 0 Å². The highest BCUT2D eigenvalue weighted by atomic mass is 35.5. The molecule has 0 aliphatic rings. The molecule has 2 aromatic rings. The van der Waals surface area contributed by atoms with Gasteiger partial charge in [0.25, 0.3) is 0 Å². The minimum Gasteiger partial charge on any atom is -0.396 e. The van der Waals surface area contributed by atoms with Gasteiger partial charge in [0.05, 0.1) is 5.25 Å². The van der Waals surface area contributed by atoms with Crippen LogP contribution >= 0.6 is 23.4 Å². The van der Waals surface area contributed by atoms with Crippen LogP contribution in [0.25, 0.3) is 11.1 Å². The summed E-state index contributed by atoms with van der Waals surface area (Å²) in [6.45, 7) is 0.0475. The summed E-state index contributed by atoms with van der Waals surface area (Å²) in [5.74, 6) is 0.768. The SMILES string of the molecule is O=CC(CCO)SCc1ccc(-c2ccc(Cl)cc2)cc1. The molecule has 110 valence electrons. The van der Waals surface area contributed by atoms with E-state index in [1.807, 2.05) is 24.3 Å². The summed E-state index contributed by atoms with van der Waals surface area (Å²) in [6.07, 6.45) is 1.42. The van der Waals surface area contributed by atoms with Crippen molar-refractivity contribution < 1.29 is 9.90 Å². The van der Waals surface area contributed by atoms with E-state index in [-0.39, 0.29) is 11.9 Å². The zero-order chi connectivity index (χ0) is 15.1. The van der Waals surface area contributed by atoms with Crippen molar-refractivity contribution in [1.82, 2.24) is 0 Å². The van der Waals surface area contributed by atoms with Crippen molar-refractivity contribution in [1.29, 1.82) is 0 Å². The van der Waals surface area contributed by atoms with Crippen LogP contribution in [-0.4, -0.2) is 23.2 Å². The first-order valence-electron chi connectivity index (χ1n) is 6.75. The molecule has 4 heteroatoms. The largest absolute Gasteiger partial charge is 0.396 e. The van der Waals surface area contributed by atoms with Crippen molar-refractivity contribution in [2.75, 3.05) is 6.61 Å². The number of thioether (sulfide) groups is 1. The Hall–Kier alpha value is -1.29. The van der Waals surface area contributed by atoms with E-state index in [0.717, 1.165) is 28.2 Å². The highest BCUT2D eigenvalue weighted by molar-refractivity contribution is 7.99. The Balaban J connectivity index is 1.98. The van der Waals surface area contributed by atoms with Crippen LogP contribution in [0.3, 0.4) is 0 Å². The number of carbonyl (C=O) groups excluding carboxylic acids is 1. The van der Waals surface area contributed by atoms with Crippen LogP contribution in [-0.2, 0) is 10.5 Å². The van der Waals surface area contributed by atoms with Crippen LogP contribution in [0.1, 0.15) is 12.0 Å². The molecule has 0 saturated heterocycles. The monoisotopic (exact) mass is 320 g/mol. The van der Waals surface area contributed by atoms with Crippen LogP contribution in [0.5, 0.6) is 0 Å². The fourth-order valence-electron chi connectivity index (χ4n) is 1.96. The van der Waals surface area contributed by atoms with Gasteiger partial charge in [-0.05, 0) is 35.2 Å². The molecule has 21 heavy (non-hydrogen) atoms. The zero-order valence-corrected chi connectivity index (χ0v) is 13.1. The summed E-state index contributed by atoms with van der Waals surface area (Å²) in [5, 5.41) is 9.46. The van der Waals surface area contributed by atoms with Gasteiger partial charge in [0.2, 0.25) is 0 Å². The maximum atomic E-state index is 10.8. The summed E-state index contributed by atoms with van der Waals surface area (Å²) in [7, 11) is 0. The van der Waals surface area contributed by atoms with E-state index in [0.29, 0.717) is 6.42 Å². The molecule has 2 rings (SSSR count). The molecule has 0 saturated carbocycles. The number of rotatable bonds is 7. The highest BCUT2D eigenvalue weighted by Crippen LogP contribution is 2.24. The molecule has 2 aromatic carbocycles. The molecule has 0 aliphatic carbocycles. The second-order valence-electron chi connectivity index (χ2n) is 4.70. The molecule has 0 bridgehead atoms. The summed E-state index contributed by atoms with van der Waals surface area (Å²) in [5.41, 5.74) is 3.44. The number of aliphatic hydroxyl groups excluding tert-OH is 1. The normalized spacial score (nSPS) is 12.1. The Bertz CT molecular complexity index is 566. The molecular formula is C17H17ClO2S. The lowest BCUT2D eigenvalue weighted by Crippen LogP contribution is -2.06. The number of halogens is 1. The van der Waals surface area contributed by atoms with Crippen molar-refractivity contribution in [2.24, 2.45) is 0 Å². The van der Waals surface area contributed by atoms with Crippen molar-refractivity contribution in [3.63, 3.8) is 0 Å². The lowest BCUT2D eigenvalue weighted by atomic mass is 10.0. The average molecular weight is 321 g/mol. The maximum Gasteiger partial charge on any atom is 0.133 e. The van der Waals surface area contributed by atoms with Gasteiger partial charge in [-0.3, -0.25) is 0 Å². The molecule has 0 aromatic heterocycles. The second kappa shape index (κ2) is 8.23. The van der Waals surface area contributed by atoms with E-state index in [2.05, 4.69) is 24.3 Å². The third-order valence-corrected chi connectivity index (χ3v) is 4.69. The highest BCUT2D eigenvalue weighted by Gasteiger charge is 2.07. The topological polar surface area (TPSA) is 37.3 Å². The number of aldehydes is 1. The quantitative estimate of drug-likeness (QED) is 0.777. The number of hydrogen-bond acceptors (Lipinski definition) is 3. The molecule has 1 atom stereocenters. The van der Waals surface area contributed by atoms with Gasteiger partial charge < -0.3 is 9.90 Å². The standard InChI is InChI=1S/C17H17ClO2S/c18-16-7-5-15(6-8-16)14-3-1-13(2-4-14)12-21-17(11-20)9-10-19/h1-8,11,17,19H,9-10,12H2. The van der Waals surface area contributed by atoms with Gasteiger partial charge in [-0.25, -0.2) is 0 Å². The molecule has 1 N–H and O–H groups in total. The summed E-state index contributed by atoms with van der Waals surface area (Å²) in [6, 6.07) is 16.0. The fraction of sp³-hybridized carbons (Fsp3) is 0.235. The number of aliphatic hydroxyl groups is 1. The van der Waals surface area contributed by atoms with Crippen molar-refractivity contribution in [2.45, 2.75) is 17.4 Å². The zero-order valence-electron chi connectivity index (χ0n) is 11.5. The molecular weight excluding hydrogens is 304 g/mol. The first-order chi connectivity index (χ1) is 10.2. The van der Waals surface area contributed by atoms with Crippen LogP contribution in [0.15, 0.2) is 48.5 Å². The molecule has 2 nitrogen and oxygen atoms in total. The molecule has 0 heterocycles. The van der Waals surface area contributed by atoms with Crippen LogP contribution in [0.2, 0.25) is 5.02 Å². The fourth-order valence-corrected chi connectivity index (χ4v) is 3.03. The lowest BCUT2D eigenvalue weighted by Gasteiger charge is -2.09. The summed E-state index contributed by atoms with van der Waals surface area (Å²) in [4.78, 5) is 10.8.